The predicted octanol–water partition coefficient (Wildman–Crippen LogP) is 0.715. The van der Waals surface area contributed by atoms with Gasteiger partial charge in [-0.1, -0.05) is 0 Å². The molecular formula is C8H9N5O. The predicted molar refractivity (Wildman–Crippen MR) is 47.8 cm³/mol. The summed E-state index contributed by atoms with van der Waals surface area (Å²) in [4.78, 5) is 8.12. The highest BCUT2D eigenvalue weighted by molar-refractivity contribution is 5.32. The Morgan fingerprint density at radius 1 is 1.50 bits per heavy atom. The van der Waals surface area contributed by atoms with Crippen LogP contribution in [0.2, 0.25) is 0 Å². The number of nitrogen functional groups attached to an aromatic ring is 1. The van der Waals surface area contributed by atoms with E-state index >= 15 is 0 Å². The van der Waals surface area contributed by atoms with Gasteiger partial charge in [0.2, 0.25) is 5.89 Å². The van der Waals surface area contributed by atoms with Crippen LogP contribution in [0.3, 0.4) is 0 Å². The number of rotatable bonds is 2. The molecule has 0 bridgehead atoms. The minimum atomic E-state index is 0.459. The van der Waals surface area contributed by atoms with Crippen molar-refractivity contribution in [1.29, 1.82) is 0 Å². The highest BCUT2D eigenvalue weighted by Gasteiger charge is 2.29. The van der Waals surface area contributed by atoms with Gasteiger partial charge in [-0.15, -0.1) is 0 Å². The third kappa shape index (κ3) is 1.07. The molecule has 14 heavy (non-hydrogen) atoms. The topological polar surface area (TPSA) is 82.8 Å². The van der Waals surface area contributed by atoms with Gasteiger partial charge < -0.3 is 10.3 Å². The largest absolute Gasteiger partial charge is 0.383 e. The summed E-state index contributed by atoms with van der Waals surface area (Å²) >= 11 is 0. The number of imidazole rings is 1. The van der Waals surface area contributed by atoms with Crippen LogP contribution in [-0.2, 0) is 0 Å². The minimum Gasteiger partial charge on any atom is -0.383 e. The van der Waals surface area contributed by atoms with Gasteiger partial charge in [0.1, 0.15) is 12.1 Å². The normalized spacial score (nSPS) is 16.0. The molecule has 0 saturated heterocycles. The van der Waals surface area contributed by atoms with Crippen LogP contribution in [0.15, 0.2) is 17.0 Å². The number of hydrogen-bond donors (Lipinski definition) is 1. The Kier molecular flexibility index (Phi) is 1.38. The van der Waals surface area contributed by atoms with E-state index in [9.17, 15) is 0 Å². The molecule has 2 N–H and O–H groups in total. The second-order valence-corrected chi connectivity index (χ2v) is 3.40. The summed E-state index contributed by atoms with van der Waals surface area (Å²) in [5, 5.41) is 3.84. The molecule has 1 saturated carbocycles. The molecule has 1 aliphatic carbocycles. The van der Waals surface area contributed by atoms with Gasteiger partial charge in [0.05, 0.1) is 6.20 Å². The van der Waals surface area contributed by atoms with Gasteiger partial charge in [-0.25, -0.2) is 4.98 Å². The highest BCUT2D eigenvalue weighted by Crippen LogP contribution is 2.39. The molecule has 0 atom stereocenters. The summed E-state index contributed by atoms with van der Waals surface area (Å²) in [6.45, 7) is 0. The van der Waals surface area contributed by atoms with Crippen molar-refractivity contribution in [3.8, 4) is 5.95 Å². The van der Waals surface area contributed by atoms with Crippen molar-refractivity contribution in [2.45, 2.75) is 18.8 Å². The lowest BCUT2D eigenvalue weighted by Crippen LogP contribution is -2.00. The zero-order valence-electron chi connectivity index (χ0n) is 7.42. The Balaban J connectivity index is 1.99. The van der Waals surface area contributed by atoms with E-state index in [1.54, 1.807) is 17.1 Å². The number of hydrogen-bond acceptors (Lipinski definition) is 5. The van der Waals surface area contributed by atoms with E-state index in [1.165, 1.54) is 0 Å². The van der Waals surface area contributed by atoms with Crippen LogP contribution in [0, 0.1) is 0 Å². The van der Waals surface area contributed by atoms with Crippen molar-refractivity contribution in [3.63, 3.8) is 0 Å². The van der Waals surface area contributed by atoms with Crippen LogP contribution < -0.4 is 5.73 Å². The zero-order chi connectivity index (χ0) is 9.54. The first kappa shape index (κ1) is 7.54. The highest BCUT2D eigenvalue weighted by atomic mass is 16.5. The first-order valence-corrected chi connectivity index (χ1v) is 4.46. The van der Waals surface area contributed by atoms with E-state index in [4.69, 9.17) is 10.3 Å². The van der Waals surface area contributed by atoms with Gasteiger partial charge in [-0.05, 0) is 18.0 Å². The standard InChI is InChI=1S/C8H9N5O/c9-6-3-10-4-13(6)8-11-7(14-12-8)5-1-2-5/h3-5H,1-2,9H2. The molecule has 72 valence electrons. The van der Waals surface area contributed by atoms with Gasteiger partial charge in [0.25, 0.3) is 5.95 Å². The third-order valence-electron chi connectivity index (χ3n) is 2.24. The van der Waals surface area contributed by atoms with Crippen LogP contribution >= 0.6 is 0 Å². The molecule has 2 aromatic heterocycles. The molecule has 0 aliphatic heterocycles. The lowest BCUT2D eigenvalue weighted by atomic mass is 10.4. The van der Waals surface area contributed by atoms with Crippen molar-refractivity contribution in [2.24, 2.45) is 0 Å². The van der Waals surface area contributed by atoms with Crippen molar-refractivity contribution in [3.05, 3.63) is 18.4 Å². The number of nitrogens with zero attached hydrogens (tertiary/aromatic N) is 4. The Labute approximate surface area is 79.7 Å². The van der Waals surface area contributed by atoms with E-state index in [1.807, 2.05) is 0 Å². The molecule has 6 heteroatoms. The molecule has 1 aliphatic rings. The van der Waals surface area contributed by atoms with Gasteiger partial charge in [0.15, 0.2) is 0 Å². The summed E-state index contributed by atoms with van der Waals surface area (Å²) < 4.78 is 6.69. The quantitative estimate of drug-likeness (QED) is 0.756. The summed E-state index contributed by atoms with van der Waals surface area (Å²) in [6.07, 6.45) is 5.39. The molecule has 1 fully saturated rings. The average molecular weight is 191 g/mol. The van der Waals surface area contributed by atoms with Crippen LogP contribution in [0.1, 0.15) is 24.7 Å². The summed E-state index contributed by atoms with van der Waals surface area (Å²) in [6, 6.07) is 0. The SMILES string of the molecule is Nc1cncn1-c1noc(C2CC2)n1. The second-order valence-electron chi connectivity index (χ2n) is 3.40. The summed E-state index contributed by atoms with van der Waals surface area (Å²) in [7, 11) is 0. The Bertz CT molecular complexity index is 456. The van der Waals surface area contributed by atoms with Crippen LogP contribution in [-0.4, -0.2) is 19.7 Å². The fourth-order valence-electron chi connectivity index (χ4n) is 1.29. The lowest BCUT2D eigenvalue weighted by molar-refractivity contribution is 0.377. The maximum atomic E-state index is 5.65. The summed E-state index contributed by atoms with van der Waals surface area (Å²) in [5.74, 6) is 2.13. The van der Waals surface area contributed by atoms with E-state index in [0.29, 0.717) is 23.6 Å². The monoisotopic (exact) mass is 191 g/mol. The maximum Gasteiger partial charge on any atom is 0.277 e. The van der Waals surface area contributed by atoms with E-state index in [0.717, 1.165) is 12.8 Å². The molecular weight excluding hydrogens is 182 g/mol. The number of anilines is 1. The van der Waals surface area contributed by atoms with E-state index < -0.39 is 0 Å². The van der Waals surface area contributed by atoms with E-state index in [2.05, 4.69) is 15.1 Å². The fraction of sp³-hybridized carbons (Fsp3) is 0.375. The number of nitrogens with two attached hydrogens (primary N) is 1. The Hall–Kier alpha value is -1.85. The first-order valence-electron chi connectivity index (χ1n) is 4.46. The lowest BCUT2D eigenvalue weighted by Gasteiger charge is -1.94. The van der Waals surface area contributed by atoms with Crippen molar-refractivity contribution < 1.29 is 4.52 Å². The third-order valence-corrected chi connectivity index (χ3v) is 2.24. The van der Waals surface area contributed by atoms with Crippen LogP contribution in [0.5, 0.6) is 0 Å². The minimum absolute atomic E-state index is 0.459. The molecule has 0 amide bonds. The smallest absolute Gasteiger partial charge is 0.277 e. The number of aromatic nitrogens is 4. The van der Waals surface area contributed by atoms with Gasteiger partial charge in [0, 0.05) is 5.92 Å². The van der Waals surface area contributed by atoms with Gasteiger partial charge in [-0.3, -0.25) is 4.57 Å². The molecule has 3 rings (SSSR count). The Morgan fingerprint density at radius 3 is 3.00 bits per heavy atom. The molecule has 0 aromatic carbocycles. The summed E-state index contributed by atoms with van der Waals surface area (Å²) in [5.41, 5.74) is 5.65. The van der Waals surface area contributed by atoms with E-state index in [-0.39, 0.29) is 0 Å². The average Bonchev–Trinajstić information content (AvgIpc) is 2.75. The molecule has 0 unspecified atom stereocenters. The van der Waals surface area contributed by atoms with Crippen LogP contribution in [0.4, 0.5) is 5.82 Å². The molecule has 0 spiro atoms. The van der Waals surface area contributed by atoms with Gasteiger partial charge >= 0.3 is 0 Å². The van der Waals surface area contributed by atoms with Crippen molar-refractivity contribution >= 4 is 5.82 Å². The van der Waals surface area contributed by atoms with Crippen molar-refractivity contribution in [1.82, 2.24) is 19.7 Å². The first-order chi connectivity index (χ1) is 6.84. The molecule has 6 nitrogen and oxygen atoms in total. The van der Waals surface area contributed by atoms with Gasteiger partial charge in [-0.2, -0.15) is 4.98 Å². The Morgan fingerprint density at radius 2 is 2.36 bits per heavy atom. The second kappa shape index (κ2) is 2.57. The molecule has 2 heterocycles. The van der Waals surface area contributed by atoms with Crippen molar-refractivity contribution in [2.75, 3.05) is 5.73 Å². The fourth-order valence-corrected chi connectivity index (χ4v) is 1.29. The van der Waals surface area contributed by atoms with Crippen LogP contribution in [0.25, 0.3) is 5.95 Å². The zero-order valence-corrected chi connectivity index (χ0v) is 7.42. The maximum absolute atomic E-state index is 5.65. The molecule has 2 aromatic rings. The molecule has 0 radical (unpaired) electrons.